The molecule has 0 aromatic carbocycles. The first-order valence-corrected chi connectivity index (χ1v) is 11.8. The molecular formula is C24H48N2O. The van der Waals surface area contributed by atoms with E-state index in [4.69, 9.17) is 11.5 Å². The van der Waals surface area contributed by atoms with Crippen molar-refractivity contribution in [1.29, 1.82) is 0 Å². The number of allylic oxidation sites excluding steroid dienone is 2. The van der Waals surface area contributed by atoms with Gasteiger partial charge in [-0.15, -0.1) is 0 Å². The van der Waals surface area contributed by atoms with E-state index < -0.39 is 0 Å². The van der Waals surface area contributed by atoms with E-state index in [1.54, 1.807) is 0 Å². The van der Waals surface area contributed by atoms with Gasteiger partial charge in [0.2, 0.25) is 5.91 Å². The lowest BCUT2D eigenvalue weighted by atomic mass is 9.94. The molecule has 0 fully saturated rings. The van der Waals surface area contributed by atoms with Gasteiger partial charge in [-0.1, -0.05) is 96.1 Å². The van der Waals surface area contributed by atoms with Gasteiger partial charge < -0.3 is 11.5 Å². The van der Waals surface area contributed by atoms with Crippen LogP contribution >= 0.6 is 0 Å². The Morgan fingerprint density at radius 3 is 1.56 bits per heavy atom. The number of carbonyl (C=O) groups is 1. The standard InChI is InChI=1S/C24H48N2O/c1-3-4-5-6-7-8-9-10-11-12-13-14-15-16-17-18-19-20-21-23(22(2)25)24(26)27/h10-11,22-23H,3-9,12-21,25H2,1-2H3,(H2,26,27)/b11-10-. The van der Waals surface area contributed by atoms with Crippen molar-refractivity contribution < 1.29 is 4.79 Å². The predicted molar refractivity (Wildman–Crippen MR) is 120 cm³/mol. The lowest BCUT2D eigenvalue weighted by Gasteiger charge is -2.16. The number of rotatable bonds is 20. The second-order valence-corrected chi connectivity index (χ2v) is 8.30. The maximum atomic E-state index is 11.3. The van der Waals surface area contributed by atoms with E-state index in [1.807, 2.05) is 6.92 Å². The second kappa shape index (κ2) is 19.9. The van der Waals surface area contributed by atoms with Crippen LogP contribution in [-0.2, 0) is 4.79 Å². The summed E-state index contributed by atoms with van der Waals surface area (Å²) < 4.78 is 0. The van der Waals surface area contributed by atoms with Gasteiger partial charge in [0.1, 0.15) is 0 Å². The van der Waals surface area contributed by atoms with Crippen molar-refractivity contribution in [2.24, 2.45) is 17.4 Å². The molecule has 0 aliphatic heterocycles. The molecule has 0 bridgehead atoms. The summed E-state index contributed by atoms with van der Waals surface area (Å²) in [5.41, 5.74) is 11.2. The Morgan fingerprint density at radius 2 is 1.15 bits per heavy atom. The molecule has 0 aromatic heterocycles. The largest absolute Gasteiger partial charge is 0.369 e. The Morgan fingerprint density at radius 1 is 0.741 bits per heavy atom. The summed E-state index contributed by atoms with van der Waals surface area (Å²) in [6, 6.07) is -0.123. The fourth-order valence-corrected chi connectivity index (χ4v) is 3.63. The van der Waals surface area contributed by atoms with Crippen LogP contribution in [-0.4, -0.2) is 11.9 Å². The van der Waals surface area contributed by atoms with Crippen LogP contribution in [0.5, 0.6) is 0 Å². The van der Waals surface area contributed by atoms with Gasteiger partial charge in [0, 0.05) is 6.04 Å². The van der Waals surface area contributed by atoms with Crippen LogP contribution in [0.15, 0.2) is 12.2 Å². The Kier molecular flexibility index (Phi) is 19.3. The fourth-order valence-electron chi connectivity index (χ4n) is 3.63. The third-order valence-corrected chi connectivity index (χ3v) is 5.53. The van der Waals surface area contributed by atoms with E-state index in [-0.39, 0.29) is 17.9 Å². The van der Waals surface area contributed by atoms with Crippen molar-refractivity contribution in [3.05, 3.63) is 12.2 Å². The molecule has 3 heteroatoms. The van der Waals surface area contributed by atoms with E-state index in [0.717, 1.165) is 12.8 Å². The molecule has 0 radical (unpaired) electrons. The average molecular weight is 381 g/mol. The average Bonchev–Trinajstić information content (AvgIpc) is 2.63. The van der Waals surface area contributed by atoms with Crippen LogP contribution in [0.25, 0.3) is 0 Å². The zero-order chi connectivity index (χ0) is 20.2. The first kappa shape index (κ1) is 26.2. The van der Waals surface area contributed by atoms with Gasteiger partial charge in [0.05, 0.1) is 5.92 Å². The van der Waals surface area contributed by atoms with Gasteiger partial charge in [-0.3, -0.25) is 4.79 Å². The van der Waals surface area contributed by atoms with Crippen LogP contribution in [0.4, 0.5) is 0 Å². The summed E-state index contributed by atoms with van der Waals surface area (Å²) >= 11 is 0. The lowest BCUT2D eigenvalue weighted by Crippen LogP contribution is -2.37. The van der Waals surface area contributed by atoms with Gasteiger partial charge in [-0.25, -0.2) is 0 Å². The Balaban J connectivity index is 3.27. The molecule has 0 saturated carbocycles. The summed E-state index contributed by atoms with van der Waals surface area (Å²) in [7, 11) is 0. The number of primary amides is 1. The monoisotopic (exact) mass is 380 g/mol. The molecule has 27 heavy (non-hydrogen) atoms. The van der Waals surface area contributed by atoms with Crippen LogP contribution in [0.2, 0.25) is 0 Å². The first-order chi connectivity index (χ1) is 13.1. The molecule has 0 aromatic rings. The maximum absolute atomic E-state index is 11.3. The van der Waals surface area contributed by atoms with Crippen LogP contribution in [0.3, 0.4) is 0 Å². The SMILES string of the molecule is CCCCCCCC/C=C\CCCCCCCCCCC(C(N)=O)C(C)N. The molecule has 2 atom stereocenters. The number of carbonyl (C=O) groups excluding carboxylic acids is 1. The molecule has 0 aliphatic rings. The van der Waals surface area contributed by atoms with Crippen molar-refractivity contribution in [2.45, 2.75) is 129 Å². The van der Waals surface area contributed by atoms with Crippen molar-refractivity contribution >= 4 is 5.91 Å². The summed E-state index contributed by atoms with van der Waals surface area (Å²) in [4.78, 5) is 11.3. The third-order valence-electron chi connectivity index (χ3n) is 5.53. The Bertz CT molecular complexity index is 352. The Labute approximate surface area is 169 Å². The number of amides is 1. The molecule has 0 rings (SSSR count). The van der Waals surface area contributed by atoms with Crippen molar-refractivity contribution in [2.75, 3.05) is 0 Å². The highest BCUT2D eigenvalue weighted by Gasteiger charge is 2.18. The molecule has 0 heterocycles. The maximum Gasteiger partial charge on any atom is 0.222 e. The molecule has 160 valence electrons. The minimum atomic E-state index is -0.244. The van der Waals surface area contributed by atoms with E-state index in [9.17, 15) is 4.79 Å². The molecule has 2 unspecified atom stereocenters. The summed E-state index contributed by atoms with van der Waals surface area (Å²) in [5, 5.41) is 0. The zero-order valence-electron chi connectivity index (χ0n) is 18.4. The first-order valence-electron chi connectivity index (χ1n) is 11.8. The number of nitrogens with two attached hydrogens (primary N) is 2. The van der Waals surface area contributed by atoms with E-state index >= 15 is 0 Å². The molecule has 1 amide bonds. The van der Waals surface area contributed by atoms with Crippen LogP contribution in [0.1, 0.15) is 123 Å². The highest BCUT2D eigenvalue weighted by Crippen LogP contribution is 2.15. The number of unbranched alkanes of at least 4 members (excludes halogenated alkanes) is 14. The smallest absolute Gasteiger partial charge is 0.222 e. The second-order valence-electron chi connectivity index (χ2n) is 8.30. The van der Waals surface area contributed by atoms with Gasteiger partial charge in [0.15, 0.2) is 0 Å². The Hall–Kier alpha value is -0.830. The normalized spacial score (nSPS) is 13.9. The lowest BCUT2D eigenvalue weighted by molar-refractivity contribution is -0.122. The number of hydrogen-bond donors (Lipinski definition) is 2. The molecule has 0 saturated heterocycles. The van der Waals surface area contributed by atoms with Crippen molar-refractivity contribution in [3.8, 4) is 0 Å². The molecular weight excluding hydrogens is 332 g/mol. The molecule has 3 nitrogen and oxygen atoms in total. The van der Waals surface area contributed by atoms with Crippen LogP contribution in [0, 0.1) is 5.92 Å². The molecule has 0 aliphatic carbocycles. The van der Waals surface area contributed by atoms with Crippen molar-refractivity contribution in [1.82, 2.24) is 0 Å². The van der Waals surface area contributed by atoms with Crippen molar-refractivity contribution in [3.63, 3.8) is 0 Å². The zero-order valence-corrected chi connectivity index (χ0v) is 18.4. The molecule has 0 spiro atoms. The van der Waals surface area contributed by atoms with Gasteiger partial charge in [-0.05, 0) is 39.0 Å². The van der Waals surface area contributed by atoms with E-state index in [0.29, 0.717) is 0 Å². The number of hydrogen-bond acceptors (Lipinski definition) is 2. The highest BCUT2D eigenvalue weighted by molar-refractivity contribution is 5.77. The fraction of sp³-hybridized carbons (Fsp3) is 0.875. The highest BCUT2D eigenvalue weighted by atomic mass is 16.1. The predicted octanol–water partition coefficient (Wildman–Crippen LogP) is 6.64. The quantitative estimate of drug-likeness (QED) is 0.183. The summed E-state index contributed by atoms with van der Waals surface area (Å²) in [5.74, 6) is -0.398. The van der Waals surface area contributed by atoms with Gasteiger partial charge >= 0.3 is 0 Å². The van der Waals surface area contributed by atoms with Gasteiger partial charge in [0.25, 0.3) is 0 Å². The van der Waals surface area contributed by atoms with Crippen LogP contribution < -0.4 is 11.5 Å². The minimum Gasteiger partial charge on any atom is -0.369 e. The van der Waals surface area contributed by atoms with Gasteiger partial charge in [-0.2, -0.15) is 0 Å². The van der Waals surface area contributed by atoms with E-state index in [2.05, 4.69) is 19.1 Å². The minimum absolute atomic E-state index is 0.123. The molecule has 4 N–H and O–H groups in total. The third kappa shape index (κ3) is 18.3. The topological polar surface area (TPSA) is 69.1 Å². The van der Waals surface area contributed by atoms with E-state index in [1.165, 1.54) is 96.3 Å². The summed E-state index contributed by atoms with van der Waals surface area (Å²) in [6.07, 6.45) is 26.7. The summed E-state index contributed by atoms with van der Waals surface area (Å²) in [6.45, 7) is 4.15.